The van der Waals surface area contributed by atoms with Crippen LogP contribution in [0, 0.1) is 0 Å². The molecule has 2 rings (SSSR count). The van der Waals surface area contributed by atoms with Crippen LogP contribution < -0.4 is 9.47 Å². The van der Waals surface area contributed by atoms with E-state index in [1.54, 1.807) is 7.11 Å². The third-order valence-electron chi connectivity index (χ3n) is 3.08. The van der Waals surface area contributed by atoms with Gasteiger partial charge in [-0.05, 0) is 41.8 Å². The molecule has 106 valence electrons. The molecule has 3 heteroatoms. The third kappa shape index (κ3) is 3.52. The molecule has 0 aromatic heterocycles. The van der Waals surface area contributed by atoms with Crippen molar-refractivity contribution in [2.24, 2.45) is 0 Å². The summed E-state index contributed by atoms with van der Waals surface area (Å²) in [5.41, 5.74) is 1.65. The topological polar surface area (TPSA) is 38.7 Å². The first kappa shape index (κ1) is 14.4. The van der Waals surface area contributed by atoms with Crippen molar-refractivity contribution in [1.82, 2.24) is 0 Å². The van der Waals surface area contributed by atoms with Crippen molar-refractivity contribution >= 4 is 0 Å². The van der Waals surface area contributed by atoms with Gasteiger partial charge in [0.15, 0.2) is 0 Å². The summed E-state index contributed by atoms with van der Waals surface area (Å²) in [6, 6.07) is 15.0. The van der Waals surface area contributed by atoms with E-state index in [0.717, 1.165) is 29.0 Å². The smallest absolute Gasteiger partial charge is 0.119 e. The highest BCUT2D eigenvalue weighted by atomic mass is 16.5. The molecule has 0 bridgehead atoms. The van der Waals surface area contributed by atoms with Crippen molar-refractivity contribution in [3.63, 3.8) is 0 Å². The van der Waals surface area contributed by atoms with Gasteiger partial charge in [0.2, 0.25) is 0 Å². The van der Waals surface area contributed by atoms with Gasteiger partial charge in [-0.1, -0.05) is 31.2 Å². The molecule has 3 nitrogen and oxygen atoms in total. The number of rotatable bonds is 6. The van der Waals surface area contributed by atoms with Crippen LogP contribution in [-0.4, -0.2) is 18.8 Å². The molecule has 2 aromatic rings. The Kier molecular flexibility index (Phi) is 5.02. The van der Waals surface area contributed by atoms with Crippen LogP contribution in [0.2, 0.25) is 0 Å². The fraction of sp³-hybridized carbons (Fsp3) is 0.294. The number of aliphatic hydroxyl groups is 1. The molecule has 0 aliphatic rings. The Morgan fingerprint density at radius 1 is 1.00 bits per heavy atom. The van der Waals surface area contributed by atoms with Crippen molar-refractivity contribution in [2.75, 3.05) is 13.7 Å². The predicted molar refractivity (Wildman–Crippen MR) is 79.3 cm³/mol. The first-order valence-corrected chi connectivity index (χ1v) is 6.79. The van der Waals surface area contributed by atoms with E-state index in [4.69, 9.17) is 9.47 Å². The maximum atomic E-state index is 10.4. The number of hydrogen-bond acceptors (Lipinski definition) is 3. The van der Waals surface area contributed by atoms with Crippen molar-refractivity contribution in [2.45, 2.75) is 19.4 Å². The van der Waals surface area contributed by atoms with E-state index >= 15 is 0 Å². The minimum atomic E-state index is -0.662. The predicted octanol–water partition coefficient (Wildman–Crippen LogP) is 3.57. The summed E-state index contributed by atoms with van der Waals surface area (Å²) in [5.74, 6) is 1.57. The summed E-state index contributed by atoms with van der Waals surface area (Å²) in [4.78, 5) is 0. The van der Waals surface area contributed by atoms with Crippen molar-refractivity contribution in [1.29, 1.82) is 0 Å². The molecule has 1 unspecified atom stereocenters. The first-order valence-electron chi connectivity index (χ1n) is 6.79. The van der Waals surface area contributed by atoms with Crippen LogP contribution in [0.4, 0.5) is 0 Å². The molecule has 20 heavy (non-hydrogen) atoms. The van der Waals surface area contributed by atoms with Crippen LogP contribution in [0.3, 0.4) is 0 Å². The molecule has 0 heterocycles. The van der Waals surface area contributed by atoms with Crippen LogP contribution >= 0.6 is 0 Å². The van der Waals surface area contributed by atoms with E-state index in [1.165, 1.54) is 0 Å². The average molecular weight is 272 g/mol. The lowest BCUT2D eigenvalue weighted by Crippen LogP contribution is -2.00. The fourth-order valence-corrected chi connectivity index (χ4v) is 1.97. The summed E-state index contributed by atoms with van der Waals surface area (Å²) < 4.78 is 10.7. The third-order valence-corrected chi connectivity index (χ3v) is 3.08. The molecule has 0 aliphatic heterocycles. The Labute approximate surface area is 119 Å². The summed E-state index contributed by atoms with van der Waals surface area (Å²) in [6.07, 6.45) is 0.319. The summed E-state index contributed by atoms with van der Waals surface area (Å²) in [7, 11) is 1.62. The number of benzene rings is 2. The molecule has 1 atom stereocenters. The normalized spacial score (nSPS) is 11.9. The van der Waals surface area contributed by atoms with E-state index in [0.29, 0.717) is 6.61 Å². The zero-order chi connectivity index (χ0) is 14.4. The lowest BCUT2D eigenvalue weighted by Gasteiger charge is -2.13. The quantitative estimate of drug-likeness (QED) is 0.873. The van der Waals surface area contributed by atoms with Gasteiger partial charge in [0.1, 0.15) is 17.6 Å². The Morgan fingerprint density at radius 2 is 1.75 bits per heavy atom. The van der Waals surface area contributed by atoms with E-state index in [9.17, 15) is 5.11 Å². The van der Waals surface area contributed by atoms with Gasteiger partial charge in [0.25, 0.3) is 0 Å². The monoisotopic (exact) mass is 272 g/mol. The number of ether oxygens (including phenoxy) is 2. The maximum absolute atomic E-state index is 10.4. The largest absolute Gasteiger partial charge is 0.497 e. The van der Waals surface area contributed by atoms with Gasteiger partial charge in [-0.2, -0.15) is 0 Å². The van der Waals surface area contributed by atoms with Gasteiger partial charge in [-0.25, -0.2) is 0 Å². The van der Waals surface area contributed by atoms with Gasteiger partial charge in [0.05, 0.1) is 13.7 Å². The fourth-order valence-electron chi connectivity index (χ4n) is 1.97. The molecule has 0 radical (unpaired) electrons. The molecule has 1 N–H and O–H groups in total. The molecule has 2 aromatic carbocycles. The lowest BCUT2D eigenvalue weighted by molar-refractivity contribution is 0.219. The lowest BCUT2D eigenvalue weighted by atomic mass is 10.0. The summed E-state index contributed by atoms with van der Waals surface area (Å²) >= 11 is 0. The maximum Gasteiger partial charge on any atom is 0.119 e. The second kappa shape index (κ2) is 6.96. The second-order valence-corrected chi connectivity index (χ2v) is 4.60. The highest BCUT2D eigenvalue weighted by Gasteiger charge is 2.11. The SMILES string of the molecule is CCCOc1ccc(C(O)c2cccc(OC)c2)cc1. The number of aliphatic hydroxyl groups excluding tert-OH is 1. The molecular weight excluding hydrogens is 252 g/mol. The zero-order valence-electron chi connectivity index (χ0n) is 11.9. The van der Waals surface area contributed by atoms with Gasteiger partial charge >= 0.3 is 0 Å². The molecular formula is C17H20O3. The Morgan fingerprint density at radius 3 is 2.40 bits per heavy atom. The van der Waals surface area contributed by atoms with Crippen molar-refractivity contribution < 1.29 is 14.6 Å². The zero-order valence-corrected chi connectivity index (χ0v) is 11.9. The van der Waals surface area contributed by atoms with E-state index in [2.05, 4.69) is 6.92 Å². The van der Waals surface area contributed by atoms with Crippen molar-refractivity contribution in [3.8, 4) is 11.5 Å². The van der Waals surface area contributed by atoms with E-state index < -0.39 is 6.10 Å². The second-order valence-electron chi connectivity index (χ2n) is 4.60. The Bertz CT molecular complexity index is 534. The summed E-state index contributed by atoms with van der Waals surface area (Å²) in [6.45, 7) is 2.78. The standard InChI is InChI=1S/C17H20O3/c1-3-11-20-15-9-7-13(8-10-15)17(18)14-5-4-6-16(12-14)19-2/h4-10,12,17-18H,3,11H2,1-2H3. The molecule has 0 fully saturated rings. The Hall–Kier alpha value is -2.00. The summed E-state index contributed by atoms with van der Waals surface area (Å²) in [5, 5.41) is 10.4. The molecule has 0 spiro atoms. The minimum absolute atomic E-state index is 0.662. The first-order chi connectivity index (χ1) is 9.74. The van der Waals surface area contributed by atoms with E-state index in [-0.39, 0.29) is 0 Å². The van der Waals surface area contributed by atoms with Gasteiger partial charge in [-0.3, -0.25) is 0 Å². The highest BCUT2D eigenvalue weighted by Crippen LogP contribution is 2.26. The molecule has 0 saturated carbocycles. The molecule has 0 saturated heterocycles. The average Bonchev–Trinajstić information content (AvgIpc) is 2.52. The minimum Gasteiger partial charge on any atom is -0.497 e. The van der Waals surface area contributed by atoms with E-state index in [1.807, 2.05) is 48.5 Å². The van der Waals surface area contributed by atoms with Crippen LogP contribution in [-0.2, 0) is 0 Å². The highest BCUT2D eigenvalue weighted by molar-refractivity contribution is 5.37. The van der Waals surface area contributed by atoms with Gasteiger partial charge in [0, 0.05) is 0 Å². The number of methoxy groups -OCH3 is 1. The van der Waals surface area contributed by atoms with Crippen LogP contribution in [0.5, 0.6) is 11.5 Å². The molecule has 0 amide bonds. The van der Waals surface area contributed by atoms with Crippen LogP contribution in [0.25, 0.3) is 0 Å². The van der Waals surface area contributed by atoms with Crippen LogP contribution in [0.1, 0.15) is 30.6 Å². The number of hydrogen-bond donors (Lipinski definition) is 1. The van der Waals surface area contributed by atoms with Gasteiger partial charge < -0.3 is 14.6 Å². The van der Waals surface area contributed by atoms with Crippen LogP contribution in [0.15, 0.2) is 48.5 Å². The molecule has 0 aliphatic carbocycles. The van der Waals surface area contributed by atoms with Gasteiger partial charge in [-0.15, -0.1) is 0 Å². The Balaban J connectivity index is 2.13. The van der Waals surface area contributed by atoms with Crippen molar-refractivity contribution in [3.05, 3.63) is 59.7 Å².